The summed E-state index contributed by atoms with van der Waals surface area (Å²) in [6, 6.07) is 0. The van der Waals surface area contributed by atoms with Crippen molar-refractivity contribution in [2.24, 2.45) is 7.05 Å². The lowest BCUT2D eigenvalue weighted by Gasteiger charge is -2.05. The summed E-state index contributed by atoms with van der Waals surface area (Å²) in [6.07, 6.45) is 0.438. The van der Waals surface area contributed by atoms with Crippen LogP contribution in [-0.4, -0.2) is 43.4 Å². The molecule has 1 aromatic rings. The maximum absolute atomic E-state index is 11.1. The Bertz CT molecular complexity index is 422. The minimum atomic E-state index is -0.890. The van der Waals surface area contributed by atoms with Gasteiger partial charge in [0.15, 0.2) is 5.03 Å². The van der Waals surface area contributed by atoms with E-state index in [1.807, 2.05) is 6.92 Å². The number of aryl methyl sites for hydroxylation is 2. The quantitative estimate of drug-likeness (QED) is 0.432. The number of rotatable bonds is 7. The summed E-state index contributed by atoms with van der Waals surface area (Å²) in [6.45, 7) is 1.57. The van der Waals surface area contributed by atoms with Crippen LogP contribution in [0.2, 0.25) is 0 Å². The molecule has 1 unspecified atom stereocenters. The molecule has 1 atom stereocenters. The van der Waals surface area contributed by atoms with Gasteiger partial charge in [0.05, 0.1) is 17.6 Å². The third-order valence-electron chi connectivity index (χ3n) is 2.33. The minimum Gasteiger partial charge on any atom is -0.394 e. The summed E-state index contributed by atoms with van der Waals surface area (Å²) in [4.78, 5) is 10.6. The van der Waals surface area contributed by atoms with E-state index in [-0.39, 0.29) is 18.0 Å². The molecule has 0 saturated heterocycles. The molecule has 0 radical (unpaired) electrons. The molecule has 1 heterocycles. The molecular formula is C10H17N3O4S. The standard InChI is InChI=1S/C10H17N3O4S/c1-3-4-8-9(13(16)17)10(12(2)11-8)18-6-7(15)5-14/h7,14-15H,3-6H2,1-2H3. The van der Waals surface area contributed by atoms with Gasteiger partial charge in [-0.05, 0) is 6.42 Å². The van der Waals surface area contributed by atoms with Crippen LogP contribution in [0.25, 0.3) is 0 Å². The summed E-state index contributed by atoms with van der Waals surface area (Å²) < 4.78 is 1.46. The Morgan fingerprint density at radius 3 is 2.78 bits per heavy atom. The first kappa shape index (κ1) is 14.9. The Labute approximate surface area is 109 Å². The Morgan fingerprint density at radius 2 is 2.28 bits per heavy atom. The first-order chi connectivity index (χ1) is 8.51. The van der Waals surface area contributed by atoms with Crippen molar-refractivity contribution in [2.75, 3.05) is 12.4 Å². The highest BCUT2D eigenvalue weighted by Crippen LogP contribution is 2.32. The predicted molar refractivity (Wildman–Crippen MR) is 67.7 cm³/mol. The third-order valence-corrected chi connectivity index (χ3v) is 3.62. The van der Waals surface area contributed by atoms with Gasteiger partial charge in [0.25, 0.3) is 0 Å². The van der Waals surface area contributed by atoms with E-state index >= 15 is 0 Å². The number of nitrogens with zero attached hydrogens (tertiary/aromatic N) is 3. The van der Waals surface area contributed by atoms with Gasteiger partial charge >= 0.3 is 5.69 Å². The van der Waals surface area contributed by atoms with Crippen LogP contribution in [-0.2, 0) is 13.5 Å². The zero-order chi connectivity index (χ0) is 13.7. The zero-order valence-electron chi connectivity index (χ0n) is 10.4. The van der Waals surface area contributed by atoms with Gasteiger partial charge in [0.2, 0.25) is 0 Å². The second kappa shape index (κ2) is 6.72. The monoisotopic (exact) mass is 275 g/mol. The molecule has 2 N–H and O–H groups in total. The molecule has 0 aromatic carbocycles. The molecule has 0 saturated carbocycles. The van der Waals surface area contributed by atoms with Crippen molar-refractivity contribution in [1.29, 1.82) is 0 Å². The fourth-order valence-electron chi connectivity index (χ4n) is 1.53. The average Bonchev–Trinajstić information content (AvgIpc) is 2.63. The maximum Gasteiger partial charge on any atom is 0.323 e. The van der Waals surface area contributed by atoms with Gasteiger partial charge in [-0.3, -0.25) is 14.8 Å². The summed E-state index contributed by atoms with van der Waals surface area (Å²) in [5.74, 6) is 0.197. The van der Waals surface area contributed by atoms with Crippen LogP contribution in [0.3, 0.4) is 0 Å². The van der Waals surface area contributed by atoms with Crippen LogP contribution in [0.15, 0.2) is 5.03 Å². The molecule has 0 bridgehead atoms. The minimum absolute atomic E-state index is 0.00879. The Kier molecular flexibility index (Phi) is 5.57. The fraction of sp³-hybridized carbons (Fsp3) is 0.700. The van der Waals surface area contributed by atoms with Crippen molar-refractivity contribution in [3.8, 4) is 0 Å². The van der Waals surface area contributed by atoms with E-state index in [1.165, 1.54) is 4.68 Å². The number of hydrogen-bond acceptors (Lipinski definition) is 6. The van der Waals surface area contributed by atoms with Crippen molar-refractivity contribution >= 4 is 17.4 Å². The van der Waals surface area contributed by atoms with E-state index in [2.05, 4.69) is 5.10 Å². The molecule has 0 aliphatic heterocycles. The smallest absolute Gasteiger partial charge is 0.323 e. The van der Waals surface area contributed by atoms with Crippen molar-refractivity contribution in [3.63, 3.8) is 0 Å². The lowest BCUT2D eigenvalue weighted by atomic mass is 10.2. The molecule has 0 amide bonds. The molecule has 0 spiro atoms. The van der Waals surface area contributed by atoms with Crippen LogP contribution < -0.4 is 0 Å². The van der Waals surface area contributed by atoms with Gasteiger partial charge in [0, 0.05) is 12.8 Å². The average molecular weight is 275 g/mol. The highest BCUT2D eigenvalue weighted by Gasteiger charge is 2.26. The second-order valence-electron chi connectivity index (χ2n) is 3.88. The summed E-state index contributed by atoms with van der Waals surface area (Å²) in [5, 5.41) is 33.6. The van der Waals surface area contributed by atoms with Crippen LogP contribution >= 0.6 is 11.8 Å². The van der Waals surface area contributed by atoms with Gasteiger partial charge < -0.3 is 10.2 Å². The van der Waals surface area contributed by atoms with E-state index in [9.17, 15) is 15.2 Å². The molecule has 1 rings (SSSR count). The third kappa shape index (κ3) is 3.44. The number of hydrogen-bond donors (Lipinski definition) is 2. The van der Waals surface area contributed by atoms with Crippen LogP contribution in [0, 0.1) is 10.1 Å². The molecule has 7 nitrogen and oxygen atoms in total. The van der Waals surface area contributed by atoms with Gasteiger partial charge in [-0.2, -0.15) is 5.10 Å². The van der Waals surface area contributed by atoms with E-state index < -0.39 is 11.0 Å². The Hall–Kier alpha value is -1.12. The van der Waals surface area contributed by atoms with E-state index in [0.717, 1.165) is 18.2 Å². The zero-order valence-corrected chi connectivity index (χ0v) is 11.2. The number of aromatic nitrogens is 2. The second-order valence-corrected chi connectivity index (χ2v) is 4.89. The molecule has 0 fully saturated rings. The highest BCUT2D eigenvalue weighted by molar-refractivity contribution is 7.99. The number of aliphatic hydroxyl groups excluding tert-OH is 2. The summed E-state index contributed by atoms with van der Waals surface area (Å²) >= 11 is 1.13. The number of nitro groups is 1. The Morgan fingerprint density at radius 1 is 1.61 bits per heavy atom. The van der Waals surface area contributed by atoms with Crippen molar-refractivity contribution in [1.82, 2.24) is 9.78 Å². The molecule has 0 aliphatic carbocycles. The van der Waals surface area contributed by atoms with Crippen LogP contribution in [0.1, 0.15) is 19.0 Å². The highest BCUT2D eigenvalue weighted by atomic mass is 32.2. The van der Waals surface area contributed by atoms with Crippen LogP contribution in [0.4, 0.5) is 5.69 Å². The van der Waals surface area contributed by atoms with Crippen molar-refractivity contribution in [3.05, 3.63) is 15.8 Å². The first-order valence-corrected chi connectivity index (χ1v) is 6.61. The van der Waals surface area contributed by atoms with Gasteiger partial charge in [0.1, 0.15) is 5.69 Å². The van der Waals surface area contributed by atoms with E-state index in [0.29, 0.717) is 17.1 Å². The lowest BCUT2D eigenvalue weighted by Crippen LogP contribution is -2.15. The van der Waals surface area contributed by atoms with Crippen molar-refractivity contribution in [2.45, 2.75) is 30.9 Å². The summed E-state index contributed by atoms with van der Waals surface area (Å²) in [5.41, 5.74) is 0.473. The van der Waals surface area contributed by atoms with E-state index in [4.69, 9.17) is 5.11 Å². The van der Waals surface area contributed by atoms with Crippen molar-refractivity contribution < 1.29 is 15.1 Å². The molecule has 18 heavy (non-hydrogen) atoms. The van der Waals surface area contributed by atoms with Gasteiger partial charge in [-0.1, -0.05) is 25.1 Å². The molecular weight excluding hydrogens is 258 g/mol. The number of aliphatic hydroxyl groups is 2. The van der Waals surface area contributed by atoms with Gasteiger partial charge in [-0.25, -0.2) is 0 Å². The SMILES string of the molecule is CCCc1nn(C)c(SCC(O)CO)c1[N+](=O)[O-]. The lowest BCUT2D eigenvalue weighted by molar-refractivity contribution is -0.388. The Balaban J connectivity index is 2.98. The molecule has 0 aliphatic rings. The molecule has 102 valence electrons. The molecule has 1 aromatic heterocycles. The number of thioether (sulfide) groups is 1. The maximum atomic E-state index is 11.1. The van der Waals surface area contributed by atoms with Crippen LogP contribution in [0.5, 0.6) is 0 Å². The molecule has 8 heteroatoms. The fourth-order valence-corrected chi connectivity index (χ4v) is 2.54. The van der Waals surface area contributed by atoms with E-state index in [1.54, 1.807) is 7.05 Å². The predicted octanol–water partition coefficient (Wildman–Crippen LogP) is 0.726. The van der Waals surface area contributed by atoms with Gasteiger partial charge in [-0.15, -0.1) is 0 Å². The summed E-state index contributed by atoms with van der Waals surface area (Å²) in [7, 11) is 1.64. The largest absolute Gasteiger partial charge is 0.394 e. The normalized spacial score (nSPS) is 12.7. The topological polar surface area (TPSA) is 101 Å². The first-order valence-electron chi connectivity index (χ1n) is 5.63.